The lowest BCUT2D eigenvalue weighted by Crippen LogP contribution is -1.98. The minimum atomic E-state index is -0.822. The number of hydrogen-bond acceptors (Lipinski definition) is 3. The van der Waals surface area contributed by atoms with Crippen molar-refractivity contribution in [1.29, 1.82) is 0 Å². The quantitative estimate of drug-likeness (QED) is 0.904. The molecule has 1 heterocycles. The molecule has 96 valence electrons. The van der Waals surface area contributed by atoms with Gasteiger partial charge in [0.25, 0.3) is 0 Å². The minimum Gasteiger partial charge on any atom is -0.489 e. The molecule has 0 spiro atoms. The van der Waals surface area contributed by atoms with E-state index in [1.165, 1.54) is 19.1 Å². The molecule has 0 saturated carbocycles. The van der Waals surface area contributed by atoms with Gasteiger partial charge in [0.2, 0.25) is 0 Å². The van der Waals surface area contributed by atoms with E-state index in [9.17, 15) is 9.50 Å². The summed E-state index contributed by atoms with van der Waals surface area (Å²) in [5, 5.41) is 13.3. The highest BCUT2D eigenvalue weighted by Crippen LogP contribution is 2.22. The van der Waals surface area contributed by atoms with Gasteiger partial charge in [-0.1, -0.05) is 0 Å². The topological polar surface area (TPSA) is 47.3 Å². The Kier molecular flexibility index (Phi) is 3.62. The zero-order chi connectivity index (χ0) is 13.1. The molecule has 5 heteroatoms. The Morgan fingerprint density at radius 3 is 2.83 bits per heavy atom. The first kappa shape index (κ1) is 12.6. The number of aliphatic hydroxyl groups excluding tert-OH is 1. The largest absolute Gasteiger partial charge is 0.489 e. The molecule has 4 nitrogen and oxygen atoms in total. The van der Waals surface area contributed by atoms with E-state index >= 15 is 0 Å². The minimum absolute atomic E-state index is 0.267. The SMILES string of the molecule is CC(O)c1ccc(OCc2cnn(C)c2)cc1F. The average molecular weight is 250 g/mol. The van der Waals surface area contributed by atoms with Crippen LogP contribution in [0.25, 0.3) is 0 Å². The molecule has 0 saturated heterocycles. The Labute approximate surface area is 105 Å². The van der Waals surface area contributed by atoms with Gasteiger partial charge in [-0.3, -0.25) is 4.68 Å². The summed E-state index contributed by atoms with van der Waals surface area (Å²) >= 11 is 0. The molecule has 1 atom stereocenters. The standard InChI is InChI=1S/C13H15FN2O2/c1-9(17)12-4-3-11(5-13(12)14)18-8-10-6-15-16(2)7-10/h3-7,9,17H,8H2,1-2H3. The number of rotatable bonds is 4. The molecular weight excluding hydrogens is 235 g/mol. The van der Waals surface area contributed by atoms with Crippen LogP contribution < -0.4 is 4.74 Å². The first-order valence-electron chi connectivity index (χ1n) is 5.64. The van der Waals surface area contributed by atoms with Gasteiger partial charge in [-0.2, -0.15) is 5.10 Å². The van der Waals surface area contributed by atoms with Crippen LogP contribution in [0.2, 0.25) is 0 Å². The van der Waals surface area contributed by atoms with E-state index in [1.807, 2.05) is 13.2 Å². The third kappa shape index (κ3) is 2.87. The molecule has 0 bridgehead atoms. The van der Waals surface area contributed by atoms with E-state index < -0.39 is 11.9 Å². The maximum atomic E-state index is 13.6. The summed E-state index contributed by atoms with van der Waals surface area (Å²) in [5.41, 5.74) is 1.18. The summed E-state index contributed by atoms with van der Waals surface area (Å²) in [6, 6.07) is 4.44. The van der Waals surface area contributed by atoms with Gasteiger partial charge < -0.3 is 9.84 Å². The maximum Gasteiger partial charge on any atom is 0.132 e. The van der Waals surface area contributed by atoms with Crippen molar-refractivity contribution in [2.75, 3.05) is 0 Å². The second kappa shape index (κ2) is 5.18. The number of aliphatic hydroxyl groups is 1. The Balaban J connectivity index is 2.04. The molecule has 0 aliphatic heterocycles. The van der Waals surface area contributed by atoms with Gasteiger partial charge in [-0.25, -0.2) is 4.39 Å². The van der Waals surface area contributed by atoms with E-state index in [-0.39, 0.29) is 5.56 Å². The van der Waals surface area contributed by atoms with Crippen molar-refractivity contribution in [3.8, 4) is 5.75 Å². The van der Waals surface area contributed by atoms with Gasteiger partial charge in [0, 0.05) is 30.4 Å². The van der Waals surface area contributed by atoms with Gasteiger partial charge >= 0.3 is 0 Å². The number of hydrogen-bond donors (Lipinski definition) is 1. The summed E-state index contributed by atoms with van der Waals surface area (Å²) in [5.74, 6) is -0.0329. The zero-order valence-corrected chi connectivity index (χ0v) is 10.3. The van der Waals surface area contributed by atoms with Gasteiger partial charge in [0.05, 0.1) is 12.3 Å². The number of aromatic nitrogens is 2. The van der Waals surface area contributed by atoms with Crippen molar-refractivity contribution in [3.63, 3.8) is 0 Å². The molecule has 1 unspecified atom stereocenters. The number of ether oxygens (including phenoxy) is 1. The third-order valence-corrected chi connectivity index (χ3v) is 2.59. The number of halogens is 1. The Bertz CT molecular complexity index is 538. The Hall–Kier alpha value is -1.88. The summed E-state index contributed by atoms with van der Waals surface area (Å²) in [4.78, 5) is 0. The molecule has 0 amide bonds. The highest BCUT2D eigenvalue weighted by Gasteiger charge is 2.09. The molecule has 1 aromatic carbocycles. The first-order valence-corrected chi connectivity index (χ1v) is 5.64. The highest BCUT2D eigenvalue weighted by molar-refractivity contribution is 5.30. The van der Waals surface area contributed by atoms with Crippen LogP contribution >= 0.6 is 0 Å². The second-order valence-electron chi connectivity index (χ2n) is 4.17. The van der Waals surface area contributed by atoms with Gasteiger partial charge in [-0.15, -0.1) is 0 Å². The second-order valence-corrected chi connectivity index (χ2v) is 4.17. The molecular formula is C13H15FN2O2. The van der Waals surface area contributed by atoms with Crippen molar-refractivity contribution < 1.29 is 14.2 Å². The lowest BCUT2D eigenvalue weighted by Gasteiger charge is -2.09. The van der Waals surface area contributed by atoms with Crippen LogP contribution in [0, 0.1) is 5.82 Å². The van der Waals surface area contributed by atoms with Crippen molar-refractivity contribution in [2.45, 2.75) is 19.6 Å². The van der Waals surface area contributed by atoms with Crippen molar-refractivity contribution in [1.82, 2.24) is 9.78 Å². The van der Waals surface area contributed by atoms with E-state index in [4.69, 9.17) is 4.74 Å². The molecule has 18 heavy (non-hydrogen) atoms. The van der Waals surface area contributed by atoms with Crippen LogP contribution in [-0.2, 0) is 13.7 Å². The summed E-state index contributed by atoms with van der Waals surface area (Å²) in [7, 11) is 1.82. The van der Waals surface area contributed by atoms with Crippen LogP contribution in [0.3, 0.4) is 0 Å². The van der Waals surface area contributed by atoms with Crippen molar-refractivity contribution in [2.24, 2.45) is 7.05 Å². The molecule has 0 radical (unpaired) electrons. The predicted molar refractivity (Wildman–Crippen MR) is 64.6 cm³/mol. The monoisotopic (exact) mass is 250 g/mol. The Morgan fingerprint density at radius 1 is 1.50 bits per heavy atom. The molecule has 2 rings (SSSR count). The van der Waals surface area contributed by atoms with Gasteiger partial charge in [0.1, 0.15) is 18.2 Å². The summed E-state index contributed by atoms with van der Waals surface area (Å²) in [6.07, 6.45) is 2.71. The smallest absolute Gasteiger partial charge is 0.132 e. The fraction of sp³-hybridized carbons (Fsp3) is 0.308. The first-order chi connectivity index (χ1) is 8.56. The molecule has 0 aliphatic rings. The molecule has 0 aliphatic carbocycles. The van der Waals surface area contributed by atoms with Crippen LogP contribution in [-0.4, -0.2) is 14.9 Å². The lowest BCUT2D eigenvalue weighted by molar-refractivity contribution is 0.194. The highest BCUT2D eigenvalue weighted by atomic mass is 19.1. The van der Waals surface area contributed by atoms with E-state index in [0.717, 1.165) is 5.56 Å². The summed E-state index contributed by atoms with van der Waals surface area (Å²) < 4.78 is 20.7. The van der Waals surface area contributed by atoms with Crippen LogP contribution in [0.4, 0.5) is 4.39 Å². The molecule has 2 aromatic rings. The van der Waals surface area contributed by atoms with Gasteiger partial charge in [-0.05, 0) is 19.1 Å². The van der Waals surface area contributed by atoms with E-state index in [1.54, 1.807) is 16.9 Å². The van der Waals surface area contributed by atoms with Crippen molar-refractivity contribution in [3.05, 3.63) is 47.5 Å². The van der Waals surface area contributed by atoms with Crippen molar-refractivity contribution >= 4 is 0 Å². The molecule has 0 fully saturated rings. The fourth-order valence-corrected chi connectivity index (χ4v) is 1.65. The zero-order valence-electron chi connectivity index (χ0n) is 10.3. The lowest BCUT2D eigenvalue weighted by atomic mass is 10.1. The number of aryl methyl sites for hydroxylation is 1. The maximum absolute atomic E-state index is 13.6. The van der Waals surface area contributed by atoms with Crippen LogP contribution in [0.15, 0.2) is 30.6 Å². The van der Waals surface area contributed by atoms with Crippen LogP contribution in [0.5, 0.6) is 5.75 Å². The van der Waals surface area contributed by atoms with Gasteiger partial charge in [0.15, 0.2) is 0 Å². The number of benzene rings is 1. The molecule has 1 aromatic heterocycles. The number of nitrogens with zero attached hydrogens (tertiary/aromatic N) is 2. The van der Waals surface area contributed by atoms with E-state index in [2.05, 4.69) is 5.10 Å². The fourth-order valence-electron chi connectivity index (χ4n) is 1.65. The predicted octanol–water partition coefficient (Wildman–Crippen LogP) is 2.19. The molecule has 1 N–H and O–H groups in total. The Morgan fingerprint density at radius 2 is 2.28 bits per heavy atom. The van der Waals surface area contributed by atoms with Crippen LogP contribution in [0.1, 0.15) is 24.2 Å². The summed E-state index contributed by atoms with van der Waals surface area (Å²) in [6.45, 7) is 1.86. The third-order valence-electron chi connectivity index (χ3n) is 2.59. The average Bonchev–Trinajstić information content (AvgIpc) is 2.72. The normalized spacial score (nSPS) is 12.4. The van der Waals surface area contributed by atoms with E-state index in [0.29, 0.717) is 12.4 Å².